The summed E-state index contributed by atoms with van der Waals surface area (Å²) in [7, 11) is 0. The summed E-state index contributed by atoms with van der Waals surface area (Å²) < 4.78 is 0. The van der Waals surface area contributed by atoms with E-state index in [0.29, 0.717) is 12.6 Å². The summed E-state index contributed by atoms with van der Waals surface area (Å²) >= 11 is 0. The van der Waals surface area contributed by atoms with E-state index < -0.39 is 0 Å². The number of hydrogen-bond acceptors (Lipinski definition) is 2. The molecule has 1 aliphatic heterocycles. The first-order valence-corrected chi connectivity index (χ1v) is 4.36. The van der Waals surface area contributed by atoms with Gasteiger partial charge in [-0.05, 0) is 23.6 Å². The maximum absolute atomic E-state index is 5.57. The number of nitrogens with one attached hydrogen (secondary N) is 1. The minimum Gasteiger partial charge on any atom is -0.326 e. The lowest BCUT2D eigenvalue weighted by Gasteiger charge is -2.05. The number of hydrogen-bond donors (Lipinski definition) is 2. The summed E-state index contributed by atoms with van der Waals surface area (Å²) in [5.41, 5.74) is 9.63. The Hall–Kier alpha value is -0.860. The van der Waals surface area contributed by atoms with Crippen LogP contribution in [0.1, 0.15) is 29.7 Å². The van der Waals surface area contributed by atoms with Gasteiger partial charge in [-0.2, -0.15) is 0 Å². The monoisotopic (exact) mass is 162 g/mol. The Morgan fingerprint density at radius 3 is 3.17 bits per heavy atom. The molecule has 3 N–H and O–H groups in total. The first-order valence-electron chi connectivity index (χ1n) is 4.36. The predicted octanol–water partition coefficient (Wildman–Crippen LogP) is 1.31. The van der Waals surface area contributed by atoms with Crippen LogP contribution in [0, 0.1) is 0 Å². The van der Waals surface area contributed by atoms with Crippen molar-refractivity contribution in [3.63, 3.8) is 0 Å². The van der Waals surface area contributed by atoms with Crippen LogP contribution in [0.15, 0.2) is 18.2 Å². The van der Waals surface area contributed by atoms with Crippen LogP contribution in [0.25, 0.3) is 0 Å². The molecule has 0 fully saturated rings. The van der Waals surface area contributed by atoms with Crippen LogP contribution in [-0.4, -0.2) is 0 Å². The maximum Gasteiger partial charge on any atom is 0.0298 e. The Morgan fingerprint density at radius 2 is 2.42 bits per heavy atom. The molecule has 0 spiro atoms. The second-order valence-electron chi connectivity index (χ2n) is 3.34. The second kappa shape index (κ2) is 2.88. The van der Waals surface area contributed by atoms with E-state index in [4.69, 9.17) is 5.73 Å². The van der Waals surface area contributed by atoms with Gasteiger partial charge in [0, 0.05) is 19.1 Å². The van der Waals surface area contributed by atoms with Gasteiger partial charge in [-0.15, -0.1) is 0 Å². The first kappa shape index (κ1) is 7.77. The van der Waals surface area contributed by atoms with Crippen molar-refractivity contribution in [1.29, 1.82) is 0 Å². The summed E-state index contributed by atoms with van der Waals surface area (Å²) in [5.74, 6) is 0. The minimum absolute atomic E-state index is 0.492. The number of nitrogens with two attached hydrogens (primary N) is 1. The van der Waals surface area contributed by atoms with Gasteiger partial charge in [0.1, 0.15) is 0 Å². The third-order valence-electron chi connectivity index (χ3n) is 2.51. The van der Waals surface area contributed by atoms with Crippen LogP contribution < -0.4 is 11.1 Å². The standard InChI is InChI=1S/C10H14N2/c1-7-10-4-8(5-11)2-3-9(10)6-12-7/h2-4,7,12H,5-6,11H2,1H3. The normalized spacial score (nSPS) is 21.0. The molecule has 0 saturated heterocycles. The van der Waals surface area contributed by atoms with Crippen molar-refractivity contribution in [3.8, 4) is 0 Å². The van der Waals surface area contributed by atoms with Gasteiger partial charge in [-0.3, -0.25) is 0 Å². The van der Waals surface area contributed by atoms with Crippen molar-refractivity contribution in [2.75, 3.05) is 0 Å². The number of benzene rings is 1. The van der Waals surface area contributed by atoms with Crippen LogP contribution in [0.5, 0.6) is 0 Å². The van der Waals surface area contributed by atoms with E-state index in [1.807, 2.05) is 0 Å². The van der Waals surface area contributed by atoms with Gasteiger partial charge in [-0.1, -0.05) is 18.2 Å². The molecule has 2 heteroatoms. The molecule has 0 radical (unpaired) electrons. The number of rotatable bonds is 1. The summed E-state index contributed by atoms with van der Waals surface area (Å²) in [6.45, 7) is 3.83. The van der Waals surface area contributed by atoms with E-state index in [1.165, 1.54) is 16.7 Å². The van der Waals surface area contributed by atoms with Gasteiger partial charge in [-0.25, -0.2) is 0 Å². The van der Waals surface area contributed by atoms with Crippen molar-refractivity contribution in [3.05, 3.63) is 34.9 Å². The van der Waals surface area contributed by atoms with E-state index in [9.17, 15) is 0 Å². The van der Waals surface area contributed by atoms with Crippen molar-refractivity contribution >= 4 is 0 Å². The molecule has 0 amide bonds. The zero-order valence-corrected chi connectivity index (χ0v) is 7.30. The molecular formula is C10H14N2. The molecule has 1 aromatic carbocycles. The SMILES string of the molecule is CC1NCc2ccc(CN)cc21. The fourth-order valence-corrected chi connectivity index (χ4v) is 1.71. The van der Waals surface area contributed by atoms with E-state index in [0.717, 1.165) is 6.54 Å². The van der Waals surface area contributed by atoms with Crippen molar-refractivity contribution in [2.24, 2.45) is 5.73 Å². The summed E-state index contributed by atoms with van der Waals surface area (Å²) in [6.07, 6.45) is 0. The van der Waals surface area contributed by atoms with Crippen LogP contribution in [-0.2, 0) is 13.1 Å². The van der Waals surface area contributed by atoms with Crippen molar-refractivity contribution in [2.45, 2.75) is 26.1 Å². The summed E-state index contributed by atoms with van der Waals surface area (Å²) in [5, 5.41) is 3.40. The topological polar surface area (TPSA) is 38.0 Å². The summed E-state index contributed by atoms with van der Waals surface area (Å²) in [4.78, 5) is 0. The van der Waals surface area contributed by atoms with Crippen LogP contribution in [0.3, 0.4) is 0 Å². The lowest BCUT2D eigenvalue weighted by molar-refractivity contribution is 0.633. The molecule has 2 rings (SSSR count). The number of fused-ring (bicyclic) bond motifs is 1. The highest BCUT2D eigenvalue weighted by Crippen LogP contribution is 2.25. The van der Waals surface area contributed by atoms with Crippen molar-refractivity contribution < 1.29 is 0 Å². The fourth-order valence-electron chi connectivity index (χ4n) is 1.71. The average Bonchev–Trinajstić information content (AvgIpc) is 2.47. The Morgan fingerprint density at radius 1 is 1.58 bits per heavy atom. The van der Waals surface area contributed by atoms with Gasteiger partial charge in [0.05, 0.1) is 0 Å². The lowest BCUT2D eigenvalue weighted by atomic mass is 10.0. The third kappa shape index (κ3) is 1.13. The molecule has 1 unspecified atom stereocenters. The van der Waals surface area contributed by atoms with Gasteiger partial charge in [0.15, 0.2) is 0 Å². The van der Waals surface area contributed by atoms with Gasteiger partial charge in [0.25, 0.3) is 0 Å². The van der Waals surface area contributed by atoms with E-state index in [-0.39, 0.29) is 0 Å². The minimum atomic E-state index is 0.492. The Labute approximate surface area is 72.8 Å². The van der Waals surface area contributed by atoms with Gasteiger partial charge >= 0.3 is 0 Å². The van der Waals surface area contributed by atoms with Gasteiger partial charge < -0.3 is 11.1 Å². The fraction of sp³-hybridized carbons (Fsp3) is 0.400. The molecule has 1 heterocycles. The Kier molecular flexibility index (Phi) is 1.87. The highest BCUT2D eigenvalue weighted by Gasteiger charge is 2.16. The Bertz CT molecular complexity index is 294. The van der Waals surface area contributed by atoms with Gasteiger partial charge in [0.2, 0.25) is 0 Å². The molecule has 12 heavy (non-hydrogen) atoms. The highest BCUT2D eigenvalue weighted by molar-refractivity contribution is 5.37. The molecule has 1 aromatic rings. The van der Waals surface area contributed by atoms with Crippen LogP contribution >= 0.6 is 0 Å². The molecule has 0 aromatic heterocycles. The molecule has 0 aliphatic carbocycles. The molecular weight excluding hydrogens is 148 g/mol. The lowest BCUT2D eigenvalue weighted by Crippen LogP contribution is -2.07. The largest absolute Gasteiger partial charge is 0.326 e. The molecule has 64 valence electrons. The van der Waals surface area contributed by atoms with Crippen molar-refractivity contribution in [1.82, 2.24) is 5.32 Å². The molecule has 1 aliphatic rings. The molecule has 2 nitrogen and oxygen atoms in total. The quantitative estimate of drug-likeness (QED) is 0.653. The first-order chi connectivity index (χ1) is 5.81. The highest BCUT2D eigenvalue weighted by atomic mass is 14.9. The molecule has 0 bridgehead atoms. The Balaban J connectivity index is 2.43. The molecule has 1 atom stereocenters. The summed E-state index contributed by atoms with van der Waals surface area (Å²) in [6, 6.07) is 6.98. The zero-order chi connectivity index (χ0) is 8.55. The maximum atomic E-state index is 5.57. The smallest absolute Gasteiger partial charge is 0.0298 e. The predicted molar refractivity (Wildman–Crippen MR) is 49.6 cm³/mol. The van der Waals surface area contributed by atoms with E-state index in [2.05, 4.69) is 30.4 Å². The van der Waals surface area contributed by atoms with Crippen LogP contribution in [0.2, 0.25) is 0 Å². The zero-order valence-electron chi connectivity index (χ0n) is 7.30. The average molecular weight is 162 g/mol. The second-order valence-corrected chi connectivity index (χ2v) is 3.34. The molecule has 0 saturated carbocycles. The van der Waals surface area contributed by atoms with Crippen LogP contribution in [0.4, 0.5) is 0 Å². The third-order valence-corrected chi connectivity index (χ3v) is 2.51. The van der Waals surface area contributed by atoms with E-state index in [1.54, 1.807) is 0 Å². The van der Waals surface area contributed by atoms with E-state index >= 15 is 0 Å².